The maximum absolute atomic E-state index is 6.18. The molecule has 0 radical (unpaired) electrons. The molecule has 232 valence electrons. The minimum absolute atomic E-state index is 0.00373. The van der Waals surface area contributed by atoms with Crippen molar-refractivity contribution in [1.29, 1.82) is 0 Å². The average Bonchev–Trinajstić information content (AvgIpc) is 2.98. The van der Waals surface area contributed by atoms with Crippen molar-refractivity contribution in [2.24, 2.45) is 0 Å². The molecule has 4 heteroatoms. The molecular weight excluding hydrogens is 496 g/mol. The normalized spacial score (nSPS) is 11.7. The Balaban J connectivity index is 1.99. The van der Waals surface area contributed by atoms with Crippen LogP contribution in [0.5, 0.6) is 0 Å². The van der Waals surface area contributed by atoms with Crippen LogP contribution >= 0.6 is 0 Å². The zero-order valence-electron chi connectivity index (χ0n) is 26.4. The van der Waals surface area contributed by atoms with Crippen LogP contribution < -0.4 is 0 Å². The highest BCUT2D eigenvalue weighted by Gasteiger charge is 2.09. The van der Waals surface area contributed by atoms with Crippen molar-refractivity contribution >= 4 is 0 Å². The predicted octanol–water partition coefficient (Wildman–Crippen LogP) is 11.3. The third kappa shape index (κ3) is 25.6. The summed E-state index contributed by atoms with van der Waals surface area (Å²) in [5.74, 6) is 0. The number of rotatable bonds is 31. The lowest BCUT2D eigenvalue weighted by atomic mass is 10.1. The molecule has 40 heavy (non-hydrogen) atoms. The van der Waals surface area contributed by atoms with E-state index < -0.39 is 0 Å². The fraction of sp³-hybridized carbons (Fsp3) is 0.778. The fourth-order valence-electron chi connectivity index (χ4n) is 4.82. The van der Waals surface area contributed by atoms with Crippen LogP contribution in [0.15, 0.2) is 42.7 Å². The molecule has 0 saturated heterocycles. The van der Waals surface area contributed by atoms with Crippen LogP contribution in [0.1, 0.15) is 154 Å². The van der Waals surface area contributed by atoms with Gasteiger partial charge >= 0.3 is 0 Å². The summed E-state index contributed by atoms with van der Waals surface area (Å²) in [6.07, 6.45) is 30.7. The lowest BCUT2D eigenvalue weighted by Gasteiger charge is -2.19. The number of hydrogen-bond acceptors (Lipinski definition) is 4. The summed E-state index contributed by atoms with van der Waals surface area (Å²) in [4.78, 5) is 0. The summed E-state index contributed by atoms with van der Waals surface area (Å²) in [5.41, 5.74) is 1.17. The largest absolute Gasteiger partial charge is 0.475 e. The van der Waals surface area contributed by atoms with Crippen LogP contribution in [0.3, 0.4) is 0 Å². The maximum atomic E-state index is 6.18. The Labute approximate surface area is 248 Å². The fourth-order valence-corrected chi connectivity index (χ4v) is 4.82. The highest BCUT2D eigenvalue weighted by Crippen LogP contribution is 2.15. The van der Waals surface area contributed by atoms with Crippen molar-refractivity contribution in [2.45, 2.75) is 162 Å². The van der Waals surface area contributed by atoms with Gasteiger partial charge in [0.15, 0.2) is 13.1 Å². The van der Waals surface area contributed by atoms with E-state index in [1.165, 1.54) is 128 Å². The van der Waals surface area contributed by atoms with Crippen LogP contribution in [-0.2, 0) is 25.6 Å². The molecule has 1 rings (SSSR count). The summed E-state index contributed by atoms with van der Waals surface area (Å²) in [6, 6.07) is 10.2. The van der Waals surface area contributed by atoms with Crippen LogP contribution in [0.4, 0.5) is 0 Å². The van der Waals surface area contributed by atoms with Gasteiger partial charge in [0, 0.05) is 13.2 Å². The van der Waals surface area contributed by atoms with Gasteiger partial charge in [0.05, 0.1) is 12.9 Å². The van der Waals surface area contributed by atoms with E-state index >= 15 is 0 Å². The van der Waals surface area contributed by atoms with Crippen LogP contribution in [0.2, 0.25) is 0 Å². The van der Waals surface area contributed by atoms with Gasteiger partial charge in [-0.1, -0.05) is 140 Å². The number of allylic oxidation sites excluding steroid dienone is 1. The van der Waals surface area contributed by atoms with E-state index in [2.05, 4.69) is 32.1 Å². The van der Waals surface area contributed by atoms with Crippen LogP contribution in [0.25, 0.3) is 0 Å². The van der Waals surface area contributed by atoms with Crippen molar-refractivity contribution in [3.05, 3.63) is 48.2 Å². The van der Waals surface area contributed by atoms with Crippen molar-refractivity contribution in [3.63, 3.8) is 0 Å². The van der Waals surface area contributed by atoms with Crippen LogP contribution in [-0.4, -0.2) is 26.3 Å². The van der Waals surface area contributed by atoms with Crippen molar-refractivity contribution in [2.75, 3.05) is 20.0 Å². The first-order valence-electron chi connectivity index (χ1n) is 17.0. The molecule has 0 unspecified atom stereocenters. The van der Waals surface area contributed by atoms with Crippen molar-refractivity contribution in [3.8, 4) is 0 Å². The Morgan fingerprint density at radius 1 is 0.600 bits per heavy atom. The number of hydrogen-bond donors (Lipinski definition) is 0. The Kier molecular flexibility index (Phi) is 28.0. The van der Waals surface area contributed by atoms with Crippen LogP contribution in [0, 0.1) is 0 Å². The van der Waals surface area contributed by atoms with E-state index in [1.807, 2.05) is 18.2 Å². The number of unbranched alkanes of at least 4 members (excludes halogenated alkanes) is 17. The van der Waals surface area contributed by atoms with Gasteiger partial charge in [-0.25, -0.2) is 0 Å². The summed E-state index contributed by atoms with van der Waals surface area (Å²) in [5, 5.41) is 0. The number of ether oxygens (including phenoxy) is 4. The average molecular weight is 561 g/mol. The Bertz CT molecular complexity index is 615. The Morgan fingerprint density at radius 2 is 1.12 bits per heavy atom. The van der Waals surface area contributed by atoms with E-state index in [0.717, 1.165) is 26.1 Å². The second-order valence-corrected chi connectivity index (χ2v) is 11.2. The molecule has 0 aromatic heterocycles. The van der Waals surface area contributed by atoms with E-state index in [4.69, 9.17) is 18.9 Å². The quantitative estimate of drug-likeness (QED) is 0.0514. The minimum atomic E-state index is 0.00373. The summed E-state index contributed by atoms with van der Waals surface area (Å²) < 4.78 is 23.3. The molecular formula is C36H64O4. The highest BCUT2D eigenvalue weighted by molar-refractivity contribution is 5.13. The molecule has 0 bridgehead atoms. The SMILES string of the molecule is CCCCCCCCOC(CCCCCCCCCC=COCOCc1ccccc1)OCCCCCCCC. The molecule has 0 spiro atoms. The van der Waals surface area contributed by atoms with E-state index in [-0.39, 0.29) is 6.29 Å². The summed E-state index contributed by atoms with van der Waals surface area (Å²) in [6.45, 7) is 7.16. The monoisotopic (exact) mass is 560 g/mol. The topological polar surface area (TPSA) is 36.9 Å². The van der Waals surface area contributed by atoms with Gasteiger partial charge in [-0.3, -0.25) is 0 Å². The molecule has 0 aliphatic heterocycles. The van der Waals surface area contributed by atoms with Gasteiger partial charge in [-0.2, -0.15) is 0 Å². The molecule has 1 aromatic carbocycles. The van der Waals surface area contributed by atoms with Crippen molar-refractivity contribution in [1.82, 2.24) is 0 Å². The van der Waals surface area contributed by atoms with Gasteiger partial charge < -0.3 is 18.9 Å². The van der Waals surface area contributed by atoms with E-state index in [1.54, 1.807) is 6.26 Å². The number of benzene rings is 1. The second kappa shape index (κ2) is 30.6. The molecule has 0 atom stereocenters. The van der Waals surface area contributed by atoms with Crippen molar-refractivity contribution < 1.29 is 18.9 Å². The predicted molar refractivity (Wildman–Crippen MR) is 170 cm³/mol. The van der Waals surface area contributed by atoms with Gasteiger partial charge in [-0.15, -0.1) is 0 Å². The molecule has 4 nitrogen and oxygen atoms in total. The zero-order chi connectivity index (χ0) is 28.6. The van der Waals surface area contributed by atoms with Gasteiger partial charge in [0.2, 0.25) is 0 Å². The molecule has 0 amide bonds. The molecule has 0 saturated carbocycles. The standard InChI is InChI=1S/C36H64O4/c1-3-5-7-9-18-25-31-39-36(40-32-26-19-10-8-6-4-2)29-23-16-14-12-11-13-15-17-24-30-37-34-38-33-35-27-21-20-22-28-35/h20-22,24,27-28,30,36H,3-19,23,25-26,29,31-34H2,1-2H3. The minimum Gasteiger partial charge on any atom is -0.475 e. The second-order valence-electron chi connectivity index (χ2n) is 11.2. The first kappa shape index (κ1) is 36.7. The Morgan fingerprint density at radius 3 is 1.73 bits per heavy atom. The first-order valence-corrected chi connectivity index (χ1v) is 17.0. The Hall–Kier alpha value is -1.36. The lowest BCUT2D eigenvalue weighted by molar-refractivity contribution is -0.148. The summed E-state index contributed by atoms with van der Waals surface area (Å²) >= 11 is 0. The maximum Gasteiger partial charge on any atom is 0.188 e. The first-order chi connectivity index (χ1) is 19.9. The summed E-state index contributed by atoms with van der Waals surface area (Å²) in [7, 11) is 0. The van der Waals surface area contributed by atoms with Gasteiger partial charge in [0.1, 0.15) is 0 Å². The highest BCUT2D eigenvalue weighted by atomic mass is 16.7. The van der Waals surface area contributed by atoms with E-state index in [0.29, 0.717) is 13.4 Å². The third-order valence-corrected chi connectivity index (χ3v) is 7.37. The molecule has 0 heterocycles. The molecule has 0 fully saturated rings. The molecule has 1 aromatic rings. The zero-order valence-corrected chi connectivity index (χ0v) is 26.4. The molecule has 0 N–H and O–H groups in total. The van der Waals surface area contributed by atoms with Gasteiger partial charge in [0.25, 0.3) is 0 Å². The van der Waals surface area contributed by atoms with E-state index in [9.17, 15) is 0 Å². The molecule has 0 aliphatic carbocycles. The third-order valence-electron chi connectivity index (χ3n) is 7.37. The van der Waals surface area contributed by atoms with Gasteiger partial charge in [-0.05, 0) is 50.2 Å². The smallest absolute Gasteiger partial charge is 0.188 e. The lowest BCUT2D eigenvalue weighted by Crippen LogP contribution is -2.19. The molecule has 0 aliphatic rings.